The standard InChI is InChI=1S/C23H29N5O5/c1-4-33-17-8-6-5-7-16(17)26-20(29)18-19-21(30)28(15-9-10-15)23(2,13-27(19)14-25-18)22(31)24-11-12-32-3/h5-8,14-15H,4,9-13H2,1-3H3,(H,24,31)(H,26,29). The summed E-state index contributed by atoms with van der Waals surface area (Å²) in [5, 5.41) is 5.66. The normalized spacial score (nSPS) is 19.7. The molecular formula is C23H29N5O5. The van der Waals surface area contributed by atoms with Gasteiger partial charge in [0.25, 0.3) is 11.8 Å². The quantitative estimate of drug-likeness (QED) is 0.556. The third kappa shape index (κ3) is 4.30. The van der Waals surface area contributed by atoms with E-state index in [0.29, 0.717) is 31.2 Å². The number of anilines is 1. The zero-order valence-electron chi connectivity index (χ0n) is 19.1. The average molecular weight is 456 g/mol. The molecule has 1 atom stereocenters. The fourth-order valence-corrected chi connectivity index (χ4v) is 4.21. The van der Waals surface area contributed by atoms with Crippen molar-refractivity contribution in [3.63, 3.8) is 0 Å². The van der Waals surface area contributed by atoms with Gasteiger partial charge in [0, 0.05) is 19.7 Å². The number of aromatic nitrogens is 2. The largest absolute Gasteiger partial charge is 0.492 e. The van der Waals surface area contributed by atoms with Crippen molar-refractivity contribution in [3.8, 4) is 5.75 Å². The number of hydrogen-bond acceptors (Lipinski definition) is 6. The summed E-state index contributed by atoms with van der Waals surface area (Å²) in [5.74, 6) is -0.592. The lowest BCUT2D eigenvalue weighted by Crippen LogP contribution is -2.65. The summed E-state index contributed by atoms with van der Waals surface area (Å²) in [5.41, 5.74) is -0.375. The topological polar surface area (TPSA) is 115 Å². The number of carbonyl (C=O) groups is 3. The van der Waals surface area contributed by atoms with E-state index in [2.05, 4.69) is 15.6 Å². The summed E-state index contributed by atoms with van der Waals surface area (Å²) >= 11 is 0. The highest BCUT2D eigenvalue weighted by Gasteiger charge is 2.53. The van der Waals surface area contributed by atoms with Crippen LogP contribution in [0.5, 0.6) is 5.75 Å². The Bertz CT molecular complexity index is 1060. The lowest BCUT2D eigenvalue weighted by molar-refractivity contribution is -0.133. The Morgan fingerprint density at radius 3 is 2.73 bits per heavy atom. The van der Waals surface area contributed by atoms with Gasteiger partial charge < -0.3 is 29.6 Å². The second-order valence-electron chi connectivity index (χ2n) is 8.38. The minimum atomic E-state index is -1.09. The molecule has 0 radical (unpaired) electrons. The first-order valence-corrected chi connectivity index (χ1v) is 11.1. The highest BCUT2D eigenvalue weighted by molar-refractivity contribution is 6.12. The van der Waals surface area contributed by atoms with Crippen LogP contribution in [0, 0.1) is 0 Å². The van der Waals surface area contributed by atoms with Gasteiger partial charge in [-0.25, -0.2) is 4.98 Å². The maximum Gasteiger partial charge on any atom is 0.276 e. The highest BCUT2D eigenvalue weighted by atomic mass is 16.5. The zero-order chi connectivity index (χ0) is 23.6. The smallest absolute Gasteiger partial charge is 0.276 e. The maximum absolute atomic E-state index is 13.6. The number of fused-ring (bicyclic) bond motifs is 1. The number of ether oxygens (including phenoxy) is 2. The number of nitrogens with zero attached hydrogens (tertiary/aromatic N) is 3. The molecule has 0 bridgehead atoms. The van der Waals surface area contributed by atoms with Crippen molar-refractivity contribution in [1.82, 2.24) is 19.8 Å². The molecule has 176 valence electrons. The molecule has 3 amide bonds. The van der Waals surface area contributed by atoms with Gasteiger partial charge in [0.2, 0.25) is 5.91 Å². The Morgan fingerprint density at radius 2 is 2.03 bits per heavy atom. The van der Waals surface area contributed by atoms with Crippen molar-refractivity contribution in [1.29, 1.82) is 0 Å². The number of rotatable bonds is 9. The number of imidazole rings is 1. The van der Waals surface area contributed by atoms with Crippen LogP contribution in [0.25, 0.3) is 0 Å². The van der Waals surface area contributed by atoms with Gasteiger partial charge >= 0.3 is 0 Å². The summed E-state index contributed by atoms with van der Waals surface area (Å²) in [6.45, 7) is 5.00. The summed E-state index contributed by atoms with van der Waals surface area (Å²) in [7, 11) is 1.56. The average Bonchev–Trinajstić information content (AvgIpc) is 3.53. The van der Waals surface area contributed by atoms with Gasteiger partial charge in [-0.1, -0.05) is 12.1 Å². The molecule has 1 aromatic carbocycles. The summed E-state index contributed by atoms with van der Waals surface area (Å²) in [6, 6.07) is 7.05. The minimum Gasteiger partial charge on any atom is -0.492 e. The maximum atomic E-state index is 13.6. The monoisotopic (exact) mass is 455 g/mol. The molecule has 2 aliphatic rings. The highest BCUT2D eigenvalue weighted by Crippen LogP contribution is 2.39. The Balaban J connectivity index is 1.62. The summed E-state index contributed by atoms with van der Waals surface area (Å²) in [4.78, 5) is 45.7. The molecular weight excluding hydrogens is 426 g/mol. The van der Waals surface area contributed by atoms with Gasteiger partial charge in [-0.05, 0) is 38.8 Å². The first-order valence-electron chi connectivity index (χ1n) is 11.1. The number of para-hydroxylation sites is 2. The first-order chi connectivity index (χ1) is 15.9. The Hall–Kier alpha value is -3.40. The van der Waals surface area contributed by atoms with Crippen molar-refractivity contribution in [2.75, 3.05) is 32.2 Å². The van der Waals surface area contributed by atoms with Crippen molar-refractivity contribution in [2.24, 2.45) is 0 Å². The number of amides is 3. The van der Waals surface area contributed by atoms with Crippen LogP contribution in [-0.4, -0.2) is 70.6 Å². The fourth-order valence-electron chi connectivity index (χ4n) is 4.21. The predicted molar refractivity (Wildman–Crippen MR) is 120 cm³/mol. The predicted octanol–water partition coefficient (Wildman–Crippen LogP) is 1.67. The zero-order valence-corrected chi connectivity index (χ0v) is 19.1. The van der Waals surface area contributed by atoms with Crippen LogP contribution in [0.15, 0.2) is 30.6 Å². The molecule has 33 heavy (non-hydrogen) atoms. The molecule has 0 spiro atoms. The van der Waals surface area contributed by atoms with E-state index in [1.165, 1.54) is 6.33 Å². The van der Waals surface area contributed by atoms with E-state index >= 15 is 0 Å². The molecule has 1 saturated carbocycles. The van der Waals surface area contributed by atoms with E-state index in [1.54, 1.807) is 41.7 Å². The molecule has 10 heteroatoms. The minimum absolute atomic E-state index is 0.0267. The Kier molecular flexibility index (Phi) is 6.37. The van der Waals surface area contributed by atoms with E-state index in [9.17, 15) is 14.4 Å². The van der Waals surface area contributed by atoms with Crippen LogP contribution >= 0.6 is 0 Å². The first kappa shape index (κ1) is 22.8. The molecule has 1 aliphatic carbocycles. The molecule has 10 nitrogen and oxygen atoms in total. The van der Waals surface area contributed by atoms with E-state index in [4.69, 9.17) is 9.47 Å². The van der Waals surface area contributed by atoms with Crippen LogP contribution < -0.4 is 15.4 Å². The van der Waals surface area contributed by atoms with Crippen molar-refractivity contribution < 1.29 is 23.9 Å². The van der Waals surface area contributed by atoms with Gasteiger partial charge in [0.1, 0.15) is 17.0 Å². The second kappa shape index (κ2) is 9.22. The number of nitrogens with one attached hydrogen (secondary N) is 2. The molecule has 2 heterocycles. The van der Waals surface area contributed by atoms with Crippen LogP contribution in [0.1, 0.15) is 47.7 Å². The van der Waals surface area contributed by atoms with E-state index in [-0.39, 0.29) is 35.8 Å². The molecule has 2 aromatic rings. The number of methoxy groups -OCH3 is 1. The van der Waals surface area contributed by atoms with E-state index in [0.717, 1.165) is 12.8 Å². The SMILES string of the molecule is CCOc1ccccc1NC(=O)c1ncn2c1C(=O)N(C1CC1)C(C)(C(=O)NCCOC)C2. The van der Waals surface area contributed by atoms with Crippen molar-refractivity contribution in [2.45, 2.75) is 44.8 Å². The molecule has 1 aromatic heterocycles. The fraction of sp³-hybridized carbons (Fsp3) is 0.478. The number of carbonyl (C=O) groups excluding carboxylic acids is 3. The van der Waals surface area contributed by atoms with Crippen molar-refractivity contribution in [3.05, 3.63) is 42.0 Å². The van der Waals surface area contributed by atoms with E-state index < -0.39 is 11.4 Å². The molecule has 1 unspecified atom stereocenters. The number of hydrogen-bond donors (Lipinski definition) is 2. The Labute approximate surface area is 192 Å². The van der Waals surface area contributed by atoms with Gasteiger partial charge in [-0.2, -0.15) is 0 Å². The van der Waals surface area contributed by atoms with Gasteiger partial charge in [-0.3, -0.25) is 14.4 Å². The third-order valence-electron chi connectivity index (χ3n) is 5.91. The van der Waals surface area contributed by atoms with Gasteiger partial charge in [0.05, 0.1) is 31.8 Å². The lowest BCUT2D eigenvalue weighted by atomic mass is 9.94. The summed E-state index contributed by atoms with van der Waals surface area (Å²) in [6.07, 6.45) is 3.09. The second-order valence-corrected chi connectivity index (χ2v) is 8.38. The molecule has 0 saturated heterocycles. The Morgan fingerprint density at radius 1 is 1.27 bits per heavy atom. The van der Waals surface area contributed by atoms with Gasteiger partial charge in [0.15, 0.2) is 5.69 Å². The van der Waals surface area contributed by atoms with Crippen LogP contribution in [-0.2, 0) is 16.1 Å². The van der Waals surface area contributed by atoms with Crippen LogP contribution in [0.3, 0.4) is 0 Å². The summed E-state index contributed by atoms with van der Waals surface area (Å²) < 4.78 is 12.2. The third-order valence-corrected chi connectivity index (χ3v) is 5.91. The number of benzene rings is 1. The van der Waals surface area contributed by atoms with Crippen molar-refractivity contribution >= 4 is 23.4 Å². The molecule has 1 aliphatic heterocycles. The molecule has 1 fully saturated rings. The van der Waals surface area contributed by atoms with Gasteiger partial charge in [-0.15, -0.1) is 0 Å². The van der Waals surface area contributed by atoms with Crippen LogP contribution in [0.2, 0.25) is 0 Å². The molecule has 4 rings (SSSR count). The molecule has 2 N–H and O–H groups in total. The van der Waals surface area contributed by atoms with E-state index in [1.807, 2.05) is 13.0 Å². The lowest BCUT2D eigenvalue weighted by Gasteiger charge is -2.44. The van der Waals surface area contributed by atoms with Crippen LogP contribution in [0.4, 0.5) is 5.69 Å².